The molecule has 3 heteroatoms. The van der Waals surface area contributed by atoms with Gasteiger partial charge < -0.3 is 0 Å². The summed E-state index contributed by atoms with van der Waals surface area (Å²) in [6.07, 6.45) is 7.84. The topological polar surface area (TPSA) is 17.1 Å². The molecular formula is C16H22F2O. The Labute approximate surface area is 114 Å². The molecule has 0 atom stereocenters. The van der Waals surface area contributed by atoms with Gasteiger partial charge in [0, 0.05) is 6.42 Å². The van der Waals surface area contributed by atoms with Crippen molar-refractivity contribution < 1.29 is 13.6 Å². The summed E-state index contributed by atoms with van der Waals surface area (Å²) in [7, 11) is 0. The van der Waals surface area contributed by atoms with Crippen molar-refractivity contribution in [1.82, 2.24) is 0 Å². The van der Waals surface area contributed by atoms with Gasteiger partial charge in [0.1, 0.15) is 11.6 Å². The smallest absolute Gasteiger partial charge is 0.168 e. The van der Waals surface area contributed by atoms with E-state index in [-0.39, 0.29) is 12.0 Å². The normalized spacial score (nSPS) is 10.7. The number of carbonyl (C=O) groups is 1. The molecule has 1 aromatic rings. The first-order valence-corrected chi connectivity index (χ1v) is 7.14. The van der Waals surface area contributed by atoms with Crippen molar-refractivity contribution in [2.24, 2.45) is 0 Å². The fourth-order valence-electron chi connectivity index (χ4n) is 2.13. The number of rotatable bonds is 9. The molecule has 0 saturated carbocycles. The van der Waals surface area contributed by atoms with Gasteiger partial charge in [-0.1, -0.05) is 51.5 Å². The van der Waals surface area contributed by atoms with E-state index in [9.17, 15) is 13.6 Å². The molecule has 0 aliphatic heterocycles. The minimum absolute atomic E-state index is 0.228. The summed E-state index contributed by atoms with van der Waals surface area (Å²) in [4.78, 5) is 11.7. The fourth-order valence-corrected chi connectivity index (χ4v) is 2.13. The van der Waals surface area contributed by atoms with Crippen LogP contribution >= 0.6 is 0 Å². The first-order chi connectivity index (χ1) is 9.16. The maximum atomic E-state index is 13.4. The van der Waals surface area contributed by atoms with E-state index in [2.05, 4.69) is 6.92 Å². The molecule has 0 radical (unpaired) electrons. The highest BCUT2D eigenvalue weighted by Gasteiger charge is 2.15. The molecule has 0 bridgehead atoms. The summed E-state index contributed by atoms with van der Waals surface area (Å²) >= 11 is 0. The second-order valence-corrected chi connectivity index (χ2v) is 4.89. The average molecular weight is 268 g/mol. The number of halogens is 2. The third kappa shape index (κ3) is 5.50. The standard InChI is InChI=1S/C16H22F2O/c1-2-3-4-5-6-7-8-12-15(19)16-13(17)10-9-11-14(16)18/h9-11H,2-8,12H2,1H3. The largest absolute Gasteiger partial charge is 0.294 e. The first-order valence-electron chi connectivity index (χ1n) is 7.14. The molecule has 1 aromatic carbocycles. The van der Waals surface area contributed by atoms with Crippen LogP contribution in [-0.2, 0) is 0 Å². The van der Waals surface area contributed by atoms with Crippen LogP contribution in [0.4, 0.5) is 8.78 Å². The molecule has 19 heavy (non-hydrogen) atoms. The minimum atomic E-state index is -0.757. The number of carbonyl (C=O) groups excluding carboxylic acids is 1. The lowest BCUT2D eigenvalue weighted by Crippen LogP contribution is -2.05. The highest BCUT2D eigenvalue weighted by atomic mass is 19.1. The summed E-state index contributed by atoms with van der Waals surface area (Å²) < 4.78 is 26.7. The molecule has 0 aliphatic carbocycles. The van der Waals surface area contributed by atoms with Gasteiger partial charge in [-0.3, -0.25) is 4.79 Å². The van der Waals surface area contributed by atoms with E-state index < -0.39 is 17.4 Å². The van der Waals surface area contributed by atoms with Gasteiger partial charge in [-0.2, -0.15) is 0 Å². The molecule has 0 aromatic heterocycles. The van der Waals surface area contributed by atoms with Gasteiger partial charge >= 0.3 is 0 Å². The van der Waals surface area contributed by atoms with Gasteiger partial charge in [-0.25, -0.2) is 8.78 Å². The van der Waals surface area contributed by atoms with Crippen molar-refractivity contribution in [3.8, 4) is 0 Å². The summed E-state index contributed by atoms with van der Waals surface area (Å²) in [5.41, 5.74) is -0.381. The molecule has 0 N–H and O–H groups in total. The Morgan fingerprint density at radius 2 is 1.47 bits per heavy atom. The average Bonchev–Trinajstić information content (AvgIpc) is 2.37. The van der Waals surface area contributed by atoms with Crippen LogP contribution in [0.1, 0.15) is 68.6 Å². The van der Waals surface area contributed by atoms with E-state index >= 15 is 0 Å². The monoisotopic (exact) mass is 268 g/mol. The molecule has 0 fully saturated rings. The maximum absolute atomic E-state index is 13.4. The van der Waals surface area contributed by atoms with Gasteiger partial charge in [-0.15, -0.1) is 0 Å². The molecule has 0 heterocycles. The van der Waals surface area contributed by atoms with Crippen molar-refractivity contribution in [2.45, 2.75) is 58.3 Å². The summed E-state index contributed by atoms with van der Waals surface area (Å²) in [6.45, 7) is 2.17. The SMILES string of the molecule is CCCCCCCCCC(=O)c1c(F)cccc1F. The third-order valence-electron chi connectivity index (χ3n) is 3.25. The van der Waals surface area contributed by atoms with Crippen LogP contribution in [-0.4, -0.2) is 5.78 Å². The number of ketones is 1. The predicted molar refractivity (Wildman–Crippen MR) is 73.3 cm³/mol. The van der Waals surface area contributed by atoms with Crippen molar-refractivity contribution in [2.75, 3.05) is 0 Å². The van der Waals surface area contributed by atoms with Crippen LogP contribution in [0, 0.1) is 11.6 Å². The first kappa shape index (κ1) is 15.8. The molecule has 0 aliphatic rings. The van der Waals surface area contributed by atoms with Crippen molar-refractivity contribution >= 4 is 5.78 Å². The van der Waals surface area contributed by atoms with E-state index in [1.54, 1.807) is 0 Å². The molecule has 0 amide bonds. The van der Waals surface area contributed by atoms with Crippen molar-refractivity contribution in [3.63, 3.8) is 0 Å². The number of Topliss-reactive ketones (excluding diaryl/α,β-unsaturated/α-hetero) is 1. The van der Waals surface area contributed by atoms with Crippen LogP contribution in [0.25, 0.3) is 0 Å². The zero-order valence-corrected chi connectivity index (χ0v) is 11.6. The van der Waals surface area contributed by atoms with Gasteiger partial charge in [0.15, 0.2) is 5.78 Å². The molecule has 0 spiro atoms. The summed E-state index contributed by atoms with van der Waals surface area (Å²) in [5, 5.41) is 0. The van der Waals surface area contributed by atoms with E-state index in [1.165, 1.54) is 31.7 Å². The van der Waals surface area contributed by atoms with Gasteiger partial charge in [0.05, 0.1) is 5.56 Å². The molecule has 0 unspecified atom stereocenters. The Morgan fingerprint density at radius 3 is 2.05 bits per heavy atom. The van der Waals surface area contributed by atoms with Gasteiger partial charge in [0.25, 0.3) is 0 Å². The van der Waals surface area contributed by atoms with Crippen molar-refractivity contribution in [3.05, 3.63) is 35.4 Å². The number of unbranched alkanes of at least 4 members (excludes halogenated alkanes) is 6. The second kappa shape index (κ2) is 8.78. The maximum Gasteiger partial charge on any atom is 0.168 e. The van der Waals surface area contributed by atoms with E-state index in [1.807, 2.05) is 0 Å². The third-order valence-corrected chi connectivity index (χ3v) is 3.25. The summed E-state index contributed by atoms with van der Waals surface area (Å²) in [5.74, 6) is -1.94. The quantitative estimate of drug-likeness (QED) is 0.439. The zero-order valence-electron chi connectivity index (χ0n) is 11.6. The minimum Gasteiger partial charge on any atom is -0.294 e. The Kier molecular flexibility index (Phi) is 7.31. The fraction of sp³-hybridized carbons (Fsp3) is 0.562. The highest BCUT2D eigenvalue weighted by molar-refractivity contribution is 5.96. The Balaban J connectivity index is 2.28. The van der Waals surface area contributed by atoms with Crippen LogP contribution in [0.3, 0.4) is 0 Å². The van der Waals surface area contributed by atoms with Gasteiger partial charge in [0.2, 0.25) is 0 Å². The van der Waals surface area contributed by atoms with E-state index in [0.717, 1.165) is 25.0 Å². The molecule has 106 valence electrons. The Morgan fingerprint density at radius 1 is 0.947 bits per heavy atom. The lowest BCUT2D eigenvalue weighted by atomic mass is 10.0. The lowest BCUT2D eigenvalue weighted by Gasteiger charge is -2.04. The van der Waals surface area contributed by atoms with E-state index in [0.29, 0.717) is 6.42 Å². The zero-order chi connectivity index (χ0) is 14.1. The predicted octanol–water partition coefficient (Wildman–Crippen LogP) is 5.29. The number of hydrogen-bond donors (Lipinski definition) is 0. The van der Waals surface area contributed by atoms with Crippen LogP contribution < -0.4 is 0 Å². The van der Waals surface area contributed by atoms with Crippen LogP contribution in [0.2, 0.25) is 0 Å². The lowest BCUT2D eigenvalue weighted by molar-refractivity contribution is 0.0971. The second-order valence-electron chi connectivity index (χ2n) is 4.89. The van der Waals surface area contributed by atoms with Crippen molar-refractivity contribution in [1.29, 1.82) is 0 Å². The molecule has 0 saturated heterocycles. The van der Waals surface area contributed by atoms with Crippen LogP contribution in [0.5, 0.6) is 0 Å². The molecule has 1 rings (SSSR count). The summed E-state index contributed by atoms with van der Waals surface area (Å²) in [6, 6.07) is 3.53. The molecule has 1 nitrogen and oxygen atoms in total. The molecular weight excluding hydrogens is 246 g/mol. The Hall–Kier alpha value is -1.25. The number of hydrogen-bond acceptors (Lipinski definition) is 1. The van der Waals surface area contributed by atoms with Gasteiger partial charge in [-0.05, 0) is 18.6 Å². The van der Waals surface area contributed by atoms with E-state index in [4.69, 9.17) is 0 Å². The van der Waals surface area contributed by atoms with Crippen LogP contribution in [0.15, 0.2) is 18.2 Å². The highest BCUT2D eigenvalue weighted by Crippen LogP contribution is 2.16. The Bertz CT molecular complexity index is 381. The number of benzene rings is 1.